The van der Waals surface area contributed by atoms with Crippen molar-refractivity contribution in [2.24, 2.45) is 0 Å². The van der Waals surface area contributed by atoms with Gasteiger partial charge >= 0.3 is 40.0 Å². The average Bonchev–Trinajstić information content (AvgIpc) is 2.45. The molecule has 8 heteroatoms. The fourth-order valence-corrected chi connectivity index (χ4v) is 2.29. The van der Waals surface area contributed by atoms with Gasteiger partial charge in [-0.1, -0.05) is 64.7 Å². The predicted molar refractivity (Wildman–Crippen MR) is 104 cm³/mol. The second-order valence-electron chi connectivity index (χ2n) is 5.21. The molecule has 0 spiro atoms. The van der Waals surface area contributed by atoms with Crippen molar-refractivity contribution in [3.05, 3.63) is 0 Å². The van der Waals surface area contributed by atoms with Gasteiger partial charge in [0, 0.05) is 13.2 Å². The molecule has 0 fully saturated rings. The van der Waals surface area contributed by atoms with Crippen LogP contribution in [0.15, 0.2) is 0 Å². The van der Waals surface area contributed by atoms with Crippen molar-refractivity contribution in [3.8, 4) is 0 Å². The van der Waals surface area contributed by atoms with E-state index in [4.69, 9.17) is 9.29 Å². The molecule has 0 heterocycles. The molecule has 0 radical (unpaired) electrons. The van der Waals surface area contributed by atoms with E-state index in [0.29, 0.717) is 6.42 Å². The van der Waals surface area contributed by atoms with Gasteiger partial charge in [-0.15, -0.1) is 0 Å². The number of hydrogen-bond donors (Lipinski definition) is 2. The van der Waals surface area contributed by atoms with Crippen LogP contribution in [0, 0.1) is 0 Å². The molecule has 0 aromatic carbocycles. The summed E-state index contributed by atoms with van der Waals surface area (Å²) in [5.74, 6) is 0. The standard InChI is InChI=1S/C12H26O4S.C4H10O.H3N.Na.H/c1-2-3-4-5-6-7-8-9-10-11-12-16-17(13,14)15;1-3-5-4-2;;;/h2-12H2,1H3,(H,13,14,15);3-4H2,1-2H3;1H3;;. The number of hydrogen-bond acceptors (Lipinski definition) is 5. The van der Waals surface area contributed by atoms with Gasteiger partial charge in [-0.3, -0.25) is 4.55 Å². The van der Waals surface area contributed by atoms with Gasteiger partial charge in [0.25, 0.3) is 0 Å². The first kappa shape index (κ1) is 32.5. The first-order valence-electron chi connectivity index (χ1n) is 8.67. The van der Waals surface area contributed by atoms with Crippen molar-refractivity contribution < 1.29 is 21.9 Å². The van der Waals surface area contributed by atoms with Gasteiger partial charge in [0.1, 0.15) is 0 Å². The Bertz CT molecular complexity index is 301. The predicted octanol–water partition coefficient (Wildman–Crippen LogP) is 4.28. The van der Waals surface area contributed by atoms with E-state index >= 15 is 0 Å². The van der Waals surface area contributed by atoms with Crippen LogP contribution in [0.4, 0.5) is 0 Å². The van der Waals surface area contributed by atoms with Gasteiger partial charge in [-0.25, -0.2) is 4.18 Å². The van der Waals surface area contributed by atoms with E-state index < -0.39 is 10.4 Å². The van der Waals surface area contributed by atoms with Crippen molar-refractivity contribution in [2.45, 2.75) is 85.0 Å². The Kier molecular flexibility index (Phi) is 35.2. The van der Waals surface area contributed by atoms with E-state index in [2.05, 4.69) is 11.1 Å². The monoisotopic (exact) mass is 381 g/mol. The Balaban J connectivity index is -0.000000250. The summed E-state index contributed by atoms with van der Waals surface area (Å²) in [6, 6.07) is 0. The summed E-state index contributed by atoms with van der Waals surface area (Å²) in [5, 5.41) is 0. The zero-order valence-electron chi connectivity index (χ0n) is 15.4. The first-order valence-corrected chi connectivity index (χ1v) is 10.0. The van der Waals surface area contributed by atoms with Crippen LogP contribution in [0.1, 0.15) is 85.0 Å². The molecule has 0 aliphatic carbocycles. The molecule has 24 heavy (non-hydrogen) atoms. The molecule has 0 rings (SSSR count). The molecule has 6 nitrogen and oxygen atoms in total. The molecule has 0 aliphatic rings. The van der Waals surface area contributed by atoms with Gasteiger partial charge in [-0.2, -0.15) is 8.42 Å². The average molecular weight is 382 g/mol. The van der Waals surface area contributed by atoms with Crippen LogP contribution in [-0.2, 0) is 19.3 Å². The second kappa shape index (κ2) is 26.0. The number of rotatable bonds is 14. The van der Waals surface area contributed by atoms with Crippen LogP contribution in [0.2, 0.25) is 0 Å². The molecule has 0 saturated heterocycles. The molecular weight excluding hydrogens is 341 g/mol. The summed E-state index contributed by atoms with van der Waals surface area (Å²) in [7, 11) is -4.23. The zero-order chi connectivity index (χ0) is 17.1. The van der Waals surface area contributed by atoms with Crippen molar-refractivity contribution >= 4 is 40.0 Å². The van der Waals surface area contributed by atoms with Crippen LogP contribution in [0.3, 0.4) is 0 Å². The second-order valence-corrected chi connectivity index (χ2v) is 6.30. The van der Waals surface area contributed by atoms with Crippen molar-refractivity contribution in [1.82, 2.24) is 6.15 Å². The number of unbranched alkanes of at least 4 members (excludes halogenated alkanes) is 9. The molecule has 0 saturated carbocycles. The Labute approximate surface area is 172 Å². The molecule has 0 aromatic heterocycles. The summed E-state index contributed by atoms with van der Waals surface area (Å²) >= 11 is 0. The number of ether oxygens (including phenoxy) is 1. The Morgan fingerprint density at radius 1 is 0.750 bits per heavy atom. The van der Waals surface area contributed by atoms with E-state index in [-0.39, 0.29) is 42.3 Å². The molecule has 0 aromatic rings. The minimum atomic E-state index is -4.23. The third-order valence-corrected chi connectivity index (χ3v) is 3.60. The molecule has 0 atom stereocenters. The van der Waals surface area contributed by atoms with Crippen molar-refractivity contribution in [3.63, 3.8) is 0 Å². The third kappa shape index (κ3) is 38.4. The van der Waals surface area contributed by atoms with Crippen LogP contribution >= 0.6 is 0 Å². The van der Waals surface area contributed by atoms with Gasteiger partial charge in [0.2, 0.25) is 0 Å². The summed E-state index contributed by atoms with van der Waals surface area (Å²) in [6.07, 6.45) is 11.9. The SMILES string of the molecule is CCCCCCCCCCCCOS(=O)(=O)O.CCOCC.N.[NaH]. The fourth-order valence-electron chi connectivity index (χ4n) is 1.96. The van der Waals surface area contributed by atoms with Crippen molar-refractivity contribution in [1.29, 1.82) is 0 Å². The Morgan fingerprint density at radius 2 is 1.12 bits per heavy atom. The Hall–Kier alpha value is 0.790. The van der Waals surface area contributed by atoms with Crippen LogP contribution in [0.5, 0.6) is 0 Å². The first-order chi connectivity index (χ1) is 10.5. The molecular formula is C16H40NNaO5S. The van der Waals surface area contributed by atoms with Gasteiger partial charge in [0.15, 0.2) is 0 Å². The van der Waals surface area contributed by atoms with E-state index in [1.54, 1.807) is 0 Å². The van der Waals surface area contributed by atoms with Crippen molar-refractivity contribution in [2.75, 3.05) is 19.8 Å². The Morgan fingerprint density at radius 3 is 1.42 bits per heavy atom. The van der Waals surface area contributed by atoms with E-state index in [9.17, 15) is 8.42 Å². The quantitative estimate of drug-likeness (QED) is 0.264. The van der Waals surface area contributed by atoms with E-state index in [0.717, 1.165) is 26.1 Å². The normalized spacial score (nSPS) is 10.2. The molecule has 0 amide bonds. The van der Waals surface area contributed by atoms with Gasteiger partial charge in [0.05, 0.1) is 6.61 Å². The van der Waals surface area contributed by atoms with Gasteiger partial charge < -0.3 is 10.9 Å². The van der Waals surface area contributed by atoms with E-state index in [1.165, 1.54) is 44.9 Å². The van der Waals surface area contributed by atoms with Crippen LogP contribution < -0.4 is 6.15 Å². The van der Waals surface area contributed by atoms with Crippen LogP contribution in [0.25, 0.3) is 0 Å². The van der Waals surface area contributed by atoms with Gasteiger partial charge in [-0.05, 0) is 20.3 Å². The fraction of sp³-hybridized carbons (Fsp3) is 1.00. The summed E-state index contributed by atoms with van der Waals surface area (Å²) in [5.41, 5.74) is 0. The maximum absolute atomic E-state index is 10.2. The third-order valence-electron chi connectivity index (χ3n) is 3.14. The summed E-state index contributed by atoms with van der Waals surface area (Å²) in [6.45, 7) is 7.98. The minimum absolute atomic E-state index is 0. The molecule has 146 valence electrons. The molecule has 4 N–H and O–H groups in total. The molecule has 0 bridgehead atoms. The zero-order valence-corrected chi connectivity index (χ0v) is 16.2. The summed E-state index contributed by atoms with van der Waals surface area (Å²) in [4.78, 5) is 0. The summed E-state index contributed by atoms with van der Waals surface area (Å²) < 4.78 is 37.8. The maximum atomic E-state index is 10.2. The van der Waals surface area contributed by atoms with Crippen LogP contribution in [-0.4, -0.2) is 62.3 Å². The molecule has 0 aliphatic heterocycles. The van der Waals surface area contributed by atoms with E-state index in [1.807, 2.05) is 13.8 Å². The topological polar surface area (TPSA) is 108 Å². The molecule has 0 unspecified atom stereocenters.